The zero-order chi connectivity index (χ0) is 15.5. The lowest BCUT2D eigenvalue weighted by Crippen LogP contribution is -2.39. The molecule has 1 aliphatic rings. The number of ether oxygens (including phenoxy) is 1. The normalized spacial score (nSPS) is 13.6. The van der Waals surface area contributed by atoms with Gasteiger partial charge in [-0.05, 0) is 36.2 Å². The topological polar surface area (TPSA) is 81.3 Å². The van der Waals surface area contributed by atoms with Crippen molar-refractivity contribution < 1.29 is 9.53 Å². The Hall–Kier alpha value is -2.34. The van der Waals surface area contributed by atoms with Gasteiger partial charge in [-0.25, -0.2) is 9.97 Å². The summed E-state index contributed by atoms with van der Waals surface area (Å²) >= 11 is 5.80. The first-order valence-electron chi connectivity index (χ1n) is 6.88. The van der Waals surface area contributed by atoms with Crippen LogP contribution in [-0.2, 0) is 17.8 Å². The molecule has 0 bridgehead atoms. The third kappa shape index (κ3) is 3.28. The number of aromatic nitrogens is 2. The van der Waals surface area contributed by atoms with E-state index >= 15 is 0 Å². The van der Waals surface area contributed by atoms with Crippen molar-refractivity contribution in [1.29, 1.82) is 0 Å². The maximum absolute atomic E-state index is 12.2. The maximum Gasteiger partial charge on any atom is 0.260 e. The molecule has 0 atom stereocenters. The highest BCUT2D eigenvalue weighted by molar-refractivity contribution is 6.30. The SMILES string of the molecule is Nc1ncc2c(n1)CN(C(=O)COc1ccc(Cl)cc1)CC2. The van der Waals surface area contributed by atoms with Crippen molar-refractivity contribution in [3.63, 3.8) is 0 Å². The van der Waals surface area contributed by atoms with E-state index in [1.807, 2.05) is 0 Å². The molecule has 2 N–H and O–H groups in total. The molecule has 22 heavy (non-hydrogen) atoms. The van der Waals surface area contributed by atoms with Gasteiger partial charge in [0, 0.05) is 17.8 Å². The molecule has 2 aromatic rings. The summed E-state index contributed by atoms with van der Waals surface area (Å²) in [5.74, 6) is 0.755. The molecule has 1 amide bonds. The number of carbonyl (C=O) groups is 1. The summed E-state index contributed by atoms with van der Waals surface area (Å²) in [5, 5.41) is 0.628. The van der Waals surface area contributed by atoms with E-state index in [0.29, 0.717) is 23.9 Å². The number of halogens is 1. The molecule has 0 saturated carbocycles. The number of nitrogens with zero attached hydrogens (tertiary/aromatic N) is 3. The predicted octanol–water partition coefficient (Wildman–Crippen LogP) is 1.68. The molecule has 0 fully saturated rings. The molecule has 7 heteroatoms. The molecule has 0 spiro atoms. The number of nitrogens with two attached hydrogens (primary N) is 1. The van der Waals surface area contributed by atoms with Gasteiger partial charge in [-0.15, -0.1) is 0 Å². The summed E-state index contributed by atoms with van der Waals surface area (Å²) in [6, 6.07) is 6.90. The van der Waals surface area contributed by atoms with Crippen LogP contribution in [0.1, 0.15) is 11.3 Å². The Labute approximate surface area is 132 Å². The van der Waals surface area contributed by atoms with E-state index in [0.717, 1.165) is 17.7 Å². The molecule has 114 valence electrons. The first kappa shape index (κ1) is 14.6. The highest BCUT2D eigenvalue weighted by Crippen LogP contribution is 2.18. The van der Waals surface area contributed by atoms with Gasteiger partial charge in [0.05, 0.1) is 12.2 Å². The van der Waals surface area contributed by atoms with Crippen molar-refractivity contribution in [3.8, 4) is 5.75 Å². The molecule has 0 saturated heterocycles. The number of hydrogen-bond donors (Lipinski definition) is 1. The first-order chi connectivity index (χ1) is 10.6. The highest BCUT2D eigenvalue weighted by Gasteiger charge is 2.22. The van der Waals surface area contributed by atoms with Crippen LogP contribution in [0.15, 0.2) is 30.5 Å². The Morgan fingerprint density at radius 2 is 2.14 bits per heavy atom. The van der Waals surface area contributed by atoms with Crippen molar-refractivity contribution in [1.82, 2.24) is 14.9 Å². The van der Waals surface area contributed by atoms with Crippen molar-refractivity contribution in [2.75, 3.05) is 18.9 Å². The van der Waals surface area contributed by atoms with Crippen LogP contribution < -0.4 is 10.5 Å². The van der Waals surface area contributed by atoms with Gasteiger partial charge in [0.25, 0.3) is 5.91 Å². The second kappa shape index (κ2) is 6.19. The molecule has 2 heterocycles. The van der Waals surface area contributed by atoms with Gasteiger partial charge in [0.15, 0.2) is 6.61 Å². The number of hydrogen-bond acceptors (Lipinski definition) is 5. The summed E-state index contributed by atoms with van der Waals surface area (Å²) in [7, 11) is 0. The number of carbonyl (C=O) groups excluding carboxylic acids is 1. The second-order valence-corrected chi connectivity index (χ2v) is 5.44. The van der Waals surface area contributed by atoms with Crippen LogP contribution in [0, 0.1) is 0 Å². The lowest BCUT2D eigenvalue weighted by Gasteiger charge is -2.27. The van der Waals surface area contributed by atoms with Crippen LogP contribution in [0.3, 0.4) is 0 Å². The van der Waals surface area contributed by atoms with Gasteiger partial charge >= 0.3 is 0 Å². The van der Waals surface area contributed by atoms with Crippen LogP contribution in [0.2, 0.25) is 5.02 Å². The minimum Gasteiger partial charge on any atom is -0.484 e. The van der Waals surface area contributed by atoms with E-state index in [1.165, 1.54) is 0 Å². The number of fused-ring (bicyclic) bond motifs is 1. The summed E-state index contributed by atoms with van der Waals surface area (Å²) in [6.07, 6.45) is 2.45. The van der Waals surface area contributed by atoms with Gasteiger partial charge < -0.3 is 15.4 Å². The first-order valence-corrected chi connectivity index (χ1v) is 7.26. The molecule has 0 radical (unpaired) electrons. The van der Waals surface area contributed by atoms with Crippen molar-refractivity contribution >= 4 is 23.5 Å². The molecule has 3 rings (SSSR count). The Morgan fingerprint density at radius 3 is 2.91 bits per heavy atom. The largest absolute Gasteiger partial charge is 0.484 e. The van der Waals surface area contributed by atoms with Gasteiger partial charge in [-0.2, -0.15) is 0 Å². The molecule has 1 aromatic heterocycles. The molecular weight excluding hydrogens is 304 g/mol. The average molecular weight is 319 g/mol. The fourth-order valence-electron chi connectivity index (χ4n) is 2.30. The molecule has 1 aliphatic heterocycles. The van der Waals surface area contributed by atoms with Crippen molar-refractivity contribution in [3.05, 3.63) is 46.7 Å². The van der Waals surface area contributed by atoms with Gasteiger partial charge in [0.2, 0.25) is 5.95 Å². The third-order valence-corrected chi connectivity index (χ3v) is 3.75. The van der Waals surface area contributed by atoms with Gasteiger partial charge in [0.1, 0.15) is 5.75 Å². The molecule has 6 nitrogen and oxygen atoms in total. The van der Waals surface area contributed by atoms with Crippen LogP contribution in [0.25, 0.3) is 0 Å². The van der Waals surface area contributed by atoms with Crippen LogP contribution in [-0.4, -0.2) is 33.9 Å². The van der Waals surface area contributed by atoms with E-state index < -0.39 is 0 Å². The zero-order valence-corrected chi connectivity index (χ0v) is 12.6. The highest BCUT2D eigenvalue weighted by atomic mass is 35.5. The number of anilines is 1. The van der Waals surface area contributed by atoms with Gasteiger partial charge in [-0.1, -0.05) is 11.6 Å². The molecule has 0 unspecified atom stereocenters. The fraction of sp³-hybridized carbons (Fsp3) is 0.267. The van der Waals surface area contributed by atoms with E-state index in [-0.39, 0.29) is 18.5 Å². The Kier molecular flexibility index (Phi) is 4.11. The summed E-state index contributed by atoms with van der Waals surface area (Å²) < 4.78 is 5.48. The number of benzene rings is 1. The van der Waals surface area contributed by atoms with Crippen LogP contribution in [0.5, 0.6) is 5.75 Å². The fourth-order valence-corrected chi connectivity index (χ4v) is 2.42. The Bertz CT molecular complexity index is 690. The average Bonchev–Trinajstić information content (AvgIpc) is 2.53. The molecule has 1 aromatic carbocycles. The summed E-state index contributed by atoms with van der Waals surface area (Å²) in [6.45, 7) is 1.05. The quantitative estimate of drug-likeness (QED) is 0.931. The predicted molar refractivity (Wildman–Crippen MR) is 82.5 cm³/mol. The lowest BCUT2D eigenvalue weighted by molar-refractivity contribution is -0.134. The summed E-state index contributed by atoms with van der Waals surface area (Å²) in [4.78, 5) is 22.1. The van der Waals surface area contributed by atoms with E-state index in [1.54, 1.807) is 35.4 Å². The smallest absolute Gasteiger partial charge is 0.260 e. The zero-order valence-electron chi connectivity index (χ0n) is 11.8. The minimum atomic E-state index is -0.0854. The number of rotatable bonds is 3. The van der Waals surface area contributed by atoms with Crippen molar-refractivity contribution in [2.24, 2.45) is 0 Å². The van der Waals surface area contributed by atoms with E-state index in [2.05, 4.69) is 9.97 Å². The monoisotopic (exact) mass is 318 g/mol. The molecule has 0 aliphatic carbocycles. The Balaban J connectivity index is 1.60. The third-order valence-electron chi connectivity index (χ3n) is 3.49. The van der Waals surface area contributed by atoms with Crippen LogP contribution >= 0.6 is 11.6 Å². The minimum absolute atomic E-state index is 0.0163. The Morgan fingerprint density at radius 1 is 1.36 bits per heavy atom. The maximum atomic E-state index is 12.2. The number of nitrogen functional groups attached to an aromatic ring is 1. The summed E-state index contributed by atoms with van der Waals surface area (Å²) in [5.41, 5.74) is 7.43. The lowest BCUT2D eigenvalue weighted by atomic mass is 10.1. The van der Waals surface area contributed by atoms with Crippen LogP contribution in [0.4, 0.5) is 5.95 Å². The molecular formula is C15H15ClN4O2. The number of amides is 1. The van der Waals surface area contributed by atoms with Crippen molar-refractivity contribution in [2.45, 2.75) is 13.0 Å². The van der Waals surface area contributed by atoms with E-state index in [9.17, 15) is 4.79 Å². The second-order valence-electron chi connectivity index (χ2n) is 5.01. The van der Waals surface area contributed by atoms with E-state index in [4.69, 9.17) is 22.1 Å². The standard InChI is InChI=1S/C15H15ClN4O2/c16-11-1-3-12(4-2-11)22-9-14(21)20-6-5-10-7-18-15(17)19-13(10)8-20/h1-4,7H,5-6,8-9H2,(H2,17,18,19). The van der Waals surface area contributed by atoms with Gasteiger partial charge in [-0.3, -0.25) is 4.79 Å².